The Bertz CT molecular complexity index is 1920. The van der Waals surface area contributed by atoms with Crippen LogP contribution in [0.3, 0.4) is 0 Å². The lowest BCUT2D eigenvalue weighted by Gasteiger charge is -2.05. The molecule has 5 rings (SSSR count). The summed E-state index contributed by atoms with van der Waals surface area (Å²) in [5.74, 6) is -1.73. The summed E-state index contributed by atoms with van der Waals surface area (Å²) in [5.41, 5.74) is 15.9. The average molecular weight is 595 g/mol. The molecule has 0 saturated heterocycles. The van der Waals surface area contributed by atoms with Crippen LogP contribution in [0.5, 0.6) is 0 Å². The molecule has 44 heavy (non-hydrogen) atoms. The van der Waals surface area contributed by atoms with Gasteiger partial charge in [0.2, 0.25) is 0 Å². The zero-order valence-electron chi connectivity index (χ0n) is 26.8. The van der Waals surface area contributed by atoms with Crippen LogP contribution >= 0.6 is 0 Å². The topological polar surface area (TPSA) is 121 Å². The second kappa shape index (κ2) is 12.3. The van der Waals surface area contributed by atoms with E-state index in [4.69, 9.17) is 9.97 Å². The predicted molar refractivity (Wildman–Crippen MR) is 177 cm³/mol. The summed E-state index contributed by atoms with van der Waals surface area (Å²) in [5, 5.41) is 19.0. The van der Waals surface area contributed by atoms with Gasteiger partial charge in [-0.15, -0.1) is 0 Å². The number of carbonyl (C=O) groups is 2. The minimum Gasteiger partial charge on any atom is -0.481 e. The Morgan fingerprint density at radius 1 is 0.682 bits per heavy atom. The molecule has 3 N–H and O–H groups in total. The van der Waals surface area contributed by atoms with E-state index in [1.807, 2.05) is 19.9 Å². The molecule has 8 bridgehead atoms. The minimum absolute atomic E-state index is 0.0110. The Labute approximate surface area is 258 Å². The van der Waals surface area contributed by atoms with Crippen molar-refractivity contribution in [1.82, 2.24) is 19.5 Å². The van der Waals surface area contributed by atoms with Crippen LogP contribution in [0.4, 0.5) is 0 Å². The molecule has 0 aliphatic carbocycles. The van der Waals surface area contributed by atoms with Gasteiger partial charge in [0, 0.05) is 41.5 Å². The summed E-state index contributed by atoms with van der Waals surface area (Å²) in [6.07, 6.45) is 2.40. The van der Waals surface area contributed by atoms with Gasteiger partial charge in [0.15, 0.2) is 0 Å². The molecule has 230 valence electrons. The van der Waals surface area contributed by atoms with Crippen molar-refractivity contribution in [2.75, 3.05) is 0 Å². The fourth-order valence-electron chi connectivity index (χ4n) is 6.78. The number of aliphatic carboxylic acids is 2. The third-order valence-electron chi connectivity index (χ3n) is 9.26. The van der Waals surface area contributed by atoms with Crippen molar-refractivity contribution in [3.63, 3.8) is 0 Å². The van der Waals surface area contributed by atoms with E-state index in [0.717, 1.165) is 75.1 Å². The highest BCUT2D eigenvalue weighted by atomic mass is 16.4. The highest BCUT2D eigenvalue weighted by Crippen LogP contribution is 2.38. The van der Waals surface area contributed by atoms with Crippen LogP contribution < -0.4 is 0 Å². The van der Waals surface area contributed by atoms with Gasteiger partial charge >= 0.3 is 11.9 Å². The van der Waals surface area contributed by atoms with Crippen LogP contribution in [-0.2, 0) is 29.0 Å². The van der Waals surface area contributed by atoms with Crippen LogP contribution in [0.25, 0.3) is 44.4 Å². The van der Waals surface area contributed by atoms with E-state index in [2.05, 4.69) is 62.4 Å². The molecular weight excluding hydrogens is 552 g/mol. The SMILES string of the molecule is CCc1c(C)c2cc3nc(cc4nc(cc5c(CC)c(C)c(cc1[nH]2)n5CC)C(C)=C4CCC(=O)O)C(CCC(=O)O)=C3C. The lowest BCUT2D eigenvalue weighted by atomic mass is 9.98. The van der Waals surface area contributed by atoms with E-state index >= 15 is 0 Å². The van der Waals surface area contributed by atoms with Crippen molar-refractivity contribution in [3.8, 4) is 0 Å². The maximum Gasteiger partial charge on any atom is 0.303 e. The number of nitrogens with zero attached hydrogens (tertiary/aromatic N) is 3. The molecule has 8 nitrogen and oxygen atoms in total. The average Bonchev–Trinajstić information content (AvgIpc) is 3.62. The Balaban J connectivity index is 1.97. The number of nitrogens with one attached hydrogen (secondary N) is 1. The van der Waals surface area contributed by atoms with Gasteiger partial charge in [0.05, 0.1) is 22.8 Å². The van der Waals surface area contributed by atoms with Crippen LogP contribution in [-0.4, -0.2) is 41.7 Å². The lowest BCUT2D eigenvalue weighted by molar-refractivity contribution is -0.137. The van der Waals surface area contributed by atoms with Gasteiger partial charge < -0.3 is 19.8 Å². The first-order chi connectivity index (χ1) is 21.0. The molecule has 0 atom stereocenters. The van der Waals surface area contributed by atoms with Crippen LogP contribution in [0, 0.1) is 13.8 Å². The summed E-state index contributed by atoms with van der Waals surface area (Å²) in [4.78, 5) is 37.0. The highest BCUT2D eigenvalue weighted by molar-refractivity contribution is 5.96. The number of carboxylic acid groups (broad SMARTS) is 2. The molecular formula is C36H42N4O4. The molecule has 3 aromatic heterocycles. The van der Waals surface area contributed by atoms with E-state index in [1.54, 1.807) is 0 Å². The number of aryl methyl sites for hydroxylation is 5. The van der Waals surface area contributed by atoms with E-state index in [0.29, 0.717) is 24.2 Å². The zero-order chi connectivity index (χ0) is 31.9. The normalized spacial score (nSPS) is 13.2. The van der Waals surface area contributed by atoms with E-state index in [1.165, 1.54) is 22.3 Å². The molecule has 5 heterocycles. The molecule has 0 aromatic carbocycles. The van der Waals surface area contributed by atoms with E-state index in [9.17, 15) is 19.8 Å². The lowest BCUT2D eigenvalue weighted by Crippen LogP contribution is -1.97. The standard InChI is InChI=1S/C36H42N4O4/c1-8-23-19(4)27-15-28-20(5)25(11-13-35(41)42)30(37-28)16-31-26(12-14-36(43)44)21(6)29(39-31)17-34-24(9-2)22(7)33(40(34)10-3)18-32(23)38-27/h15-18,38H,8-14H2,1-7H3,(H,41,42)(H,43,44). The maximum atomic E-state index is 11.6. The highest BCUT2D eigenvalue weighted by Gasteiger charge is 2.23. The molecule has 2 aliphatic heterocycles. The zero-order valence-corrected chi connectivity index (χ0v) is 26.8. The van der Waals surface area contributed by atoms with Crippen LogP contribution in [0.2, 0.25) is 0 Å². The summed E-state index contributed by atoms with van der Waals surface area (Å²) in [6.45, 7) is 15.6. The second-order valence-electron chi connectivity index (χ2n) is 11.7. The van der Waals surface area contributed by atoms with Crippen LogP contribution in [0.15, 0.2) is 24.3 Å². The smallest absolute Gasteiger partial charge is 0.303 e. The van der Waals surface area contributed by atoms with Gasteiger partial charge in [0.25, 0.3) is 0 Å². The molecule has 0 spiro atoms. The third-order valence-corrected chi connectivity index (χ3v) is 9.26. The van der Waals surface area contributed by atoms with Gasteiger partial charge in [-0.3, -0.25) is 9.59 Å². The number of fused-ring (bicyclic) bond motifs is 8. The van der Waals surface area contributed by atoms with Gasteiger partial charge in [-0.05, 0) is 129 Å². The third kappa shape index (κ3) is 5.49. The monoisotopic (exact) mass is 594 g/mol. The molecule has 2 aliphatic rings. The molecule has 0 amide bonds. The minimum atomic E-state index is -0.866. The number of aromatic amines is 1. The Kier molecular flexibility index (Phi) is 8.64. The van der Waals surface area contributed by atoms with Gasteiger partial charge in [-0.2, -0.15) is 0 Å². The molecule has 0 radical (unpaired) electrons. The van der Waals surface area contributed by atoms with Crippen molar-refractivity contribution in [3.05, 3.63) is 69.3 Å². The molecule has 0 fully saturated rings. The predicted octanol–water partition coefficient (Wildman–Crippen LogP) is 8.14. The number of hydrogen-bond donors (Lipinski definition) is 3. The summed E-state index contributed by atoms with van der Waals surface area (Å²) < 4.78 is 2.35. The van der Waals surface area contributed by atoms with E-state index < -0.39 is 11.9 Å². The van der Waals surface area contributed by atoms with Crippen molar-refractivity contribution >= 4 is 56.3 Å². The fraction of sp³-hybridized carbons (Fsp3) is 0.389. The number of allylic oxidation sites excluding steroid dienone is 4. The molecule has 0 saturated carbocycles. The summed E-state index contributed by atoms with van der Waals surface area (Å²) in [7, 11) is 0. The Hall–Kier alpha value is -4.46. The number of carboxylic acids is 2. The maximum absolute atomic E-state index is 11.6. The summed E-state index contributed by atoms with van der Waals surface area (Å²) >= 11 is 0. The quantitative estimate of drug-likeness (QED) is 0.230. The Morgan fingerprint density at radius 3 is 1.73 bits per heavy atom. The van der Waals surface area contributed by atoms with Crippen LogP contribution in [0.1, 0.15) is 105 Å². The van der Waals surface area contributed by atoms with Gasteiger partial charge in [-0.25, -0.2) is 9.97 Å². The number of H-pyrrole nitrogens is 1. The van der Waals surface area contributed by atoms with Gasteiger partial charge in [-0.1, -0.05) is 13.8 Å². The number of rotatable bonds is 9. The number of hydrogen-bond acceptors (Lipinski definition) is 4. The molecule has 3 aromatic rings. The first-order valence-electron chi connectivity index (χ1n) is 15.6. The second-order valence-corrected chi connectivity index (χ2v) is 11.7. The van der Waals surface area contributed by atoms with Crippen molar-refractivity contribution in [2.45, 2.75) is 93.5 Å². The van der Waals surface area contributed by atoms with Gasteiger partial charge in [0.1, 0.15) is 0 Å². The fourth-order valence-corrected chi connectivity index (χ4v) is 6.78. The van der Waals surface area contributed by atoms with E-state index in [-0.39, 0.29) is 12.8 Å². The van der Waals surface area contributed by atoms with Crippen molar-refractivity contribution in [2.24, 2.45) is 0 Å². The largest absolute Gasteiger partial charge is 0.481 e. The first kappa shape index (κ1) is 31.0. The Morgan fingerprint density at radius 2 is 1.23 bits per heavy atom. The first-order valence-corrected chi connectivity index (χ1v) is 15.6. The number of aromatic nitrogens is 4. The molecule has 0 unspecified atom stereocenters. The van der Waals surface area contributed by atoms with Crippen molar-refractivity contribution in [1.29, 1.82) is 0 Å². The van der Waals surface area contributed by atoms with Crippen molar-refractivity contribution < 1.29 is 19.8 Å². The summed E-state index contributed by atoms with van der Waals surface area (Å²) in [6, 6.07) is 8.40. The molecule has 8 heteroatoms.